The number of nitrogens with two attached hydrogens (primary N) is 1. The Bertz CT molecular complexity index is 1690. The van der Waals surface area contributed by atoms with Gasteiger partial charge in [0.05, 0.1) is 5.56 Å². The summed E-state index contributed by atoms with van der Waals surface area (Å²) in [4.78, 5) is 18.8. The quantitative estimate of drug-likeness (QED) is 0.0432. The van der Waals surface area contributed by atoms with Gasteiger partial charge in [0.15, 0.2) is 0 Å². The lowest BCUT2D eigenvalue weighted by atomic mass is 10.1. The summed E-state index contributed by atoms with van der Waals surface area (Å²) in [5.41, 5.74) is 12.1. The standard InChI is InChI=1S/C18H24N2.C14H15N.C13H20N2O2.C7H15N/c1-2-20(16-18-11-7-4-8-12-18)14-13-19-15-17-9-5-3-6-10-17;1-3-7-13(8-4-1)11-15-12-14-9-5-2-6-10-14;1-3-15(4-2)9-10-17-13(16)11-5-7-12(14)8-6-11;1-2-8-6-4-3-5-7-8/h3-12,19H,2,13-16H2,1H3;1-10,15H,11-12H2;5-8H,3-4,9-10,14H2,1-2H3;2-7H2,1H3. The summed E-state index contributed by atoms with van der Waals surface area (Å²) in [6.07, 6.45) is 4.30. The molecule has 6 rings (SSSR count). The summed E-state index contributed by atoms with van der Waals surface area (Å²) in [5.74, 6) is -0.294. The molecule has 0 atom stereocenters. The number of rotatable bonds is 19. The number of anilines is 1. The Morgan fingerprint density at radius 3 is 1.45 bits per heavy atom. The zero-order valence-electron chi connectivity index (χ0n) is 37.1. The summed E-state index contributed by atoms with van der Waals surface area (Å²) in [7, 11) is 0. The predicted molar refractivity (Wildman–Crippen MR) is 254 cm³/mol. The van der Waals surface area contributed by atoms with E-state index in [0.717, 1.165) is 65.4 Å². The molecular weight excluding hydrogens is 741 g/mol. The number of hydrogen-bond acceptors (Lipinski definition) is 8. The minimum Gasteiger partial charge on any atom is -0.461 e. The number of carbonyl (C=O) groups is 1. The van der Waals surface area contributed by atoms with Crippen molar-refractivity contribution < 1.29 is 9.53 Å². The molecule has 1 saturated heterocycles. The van der Waals surface area contributed by atoms with Gasteiger partial charge in [0, 0.05) is 51.5 Å². The molecule has 1 aliphatic heterocycles. The van der Waals surface area contributed by atoms with Crippen LogP contribution in [0, 0.1) is 0 Å². The largest absolute Gasteiger partial charge is 0.461 e. The first-order valence-corrected chi connectivity index (χ1v) is 22.2. The second kappa shape index (κ2) is 32.0. The van der Waals surface area contributed by atoms with E-state index < -0.39 is 0 Å². The molecule has 0 saturated carbocycles. The first kappa shape index (κ1) is 49.5. The van der Waals surface area contributed by atoms with E-state index >= 15 is 0 Å². The van der Waals surface area contributed by atoms with Gasteiger partial charge in [-0.2, -0.15) is 0 Å². The van der Waals surface area contributed by atoms with Crippen molar-refractivity contribution in [2.45, 2.75) is 73.1 Å². The number of nitrogens with one attached hydrogen (secondary N) is 2. The van der Waals surface area contributed by atoms with Crippen LogP contribution in [-0.2, 0) is 30.9 Å². The summed E-state index contributed by atoms with van der Waals surface area (Å²) in [5, 5.41) is 6.93. The lowest BCUT2D eigenvalue weighted by molar-refractivity contribution is 0.0466. The molecule has 1 heterocycles. The molecule has 0 bridgehead atoms. The first-order valence-electron chi connectivity index (χ1n) is 22.2. The highest BCUT2D eigenvalue weighted by Crippen LogP contribution is 2.08. The van der Waals surface area contributed by atoms with Gasteiger partial charge < -0.3 is 30.9 Å². The van der Waals surface area contributed by atoms with Crippen LogP contribution in [0.1, 0.15) is 79.6 Å². The van der Waals surface area contributed by atoms with Crippen LogP contribution in [0.2, 0.25) is 0 Å². The van der Waals surface area contributed by atoms with Crippen molar-refractivity contribution in [2.24, 2.45) is 0 Å². The average Bonchev–Trinajstić information content (AvgIpc) is 3.31. The minimum absolute atomic E-state index is 0.294. The molecule has 5 aromatic carbocycles. The van der Waals surface area contributed by atoms with E-state index in [1.807, 2.05) is 12.1 Å². The fourth-order valence-electron chi connectivity index (χ4n) is 6.58. The number of esters is 1. The Morgan fingerprint density at radius 2 is 1.02 bits per heavy atom. The average molecular weight is 815 g/mol. The number of piperidine rings is 1. The maximum Gasteiger partial charge on any atom is 0.338 e. The normalized spacial score (nSPS) is 12.3. The molecule has 0 aromatic heterocycles. The van der Waals surface area contributed by atoms with Gasteiger partial charge >= 0.3 is 5.97 Å². The highest BCUT2D eigenvalue weighted by atomic mass is 16.5. The molecule has 0 unspecified atom stereocenters. The van der Waals surface area contributed by atoms with E-state index in [4.69, 9.17) is 10.5 Å². The van der Waals surface area contributed by atoms with Crippen molar-refractivity contribution in [3.8, 4) is 0 Å². The van der Waals surface area contributed by atoms with Gasteiger partial charge in [-0.25, -0.2) is 4.79 Å². The summed E-state index contributed by atoms with van der Waals surface area (Å²) in [6, 6.07) is 48.9. The topological polar surface area (TPSA) is 86.1 Å². The van der Waals surface area contributed by atoms with Crippen LogP contribution in [0.3, 0.4) is 0 Å². The van der Waals surface area contributed by atoms with E-state index in [-0.39, 0.29) is 5.97 Å². The van der Waals surface area contributed by atoms with Crippen molar-refractivity contribution in [3.05, 3.63) is 173 Å². The molecule has 0 amide bonds. The number of nitrogen functional groups attached to an aromatic ring is 1. The molecule has 324 valence electrons. The second-order valence-electron chi connectivity index (χ2n) is 14.9. The lowest BCUT2D eigenvalue weighted by Gasteiger charge is -2.24. The van der Waals surface area contributed by atoms with E-state index in [9.17, 15) is 4.79 Å². The molecule has 60 heavy (non-hydrogen) atoms. The Hall–Kier alpha value is -4.83. The SMILES string of the molecule is CCN(CC)CCOC(=O)c1ccc(N)cc1.CCN(CCNCc1ccccc1)Cc1ccccc1.CCN1CCCCC1.c1ccc(CNCc2ccccc2)cc1. The number of nitrogens with zero attached hydrogens (tertiary/aromatic N) is 3. The van der Waals surface area contributed by atoms with Crippen molar-refractivity contribution in [2.75, 3.05) is 71.2 Å². The molecule has 0 radical (unpaired) electrons. The molecule has 5 aromatic rings. The van der Waals surface area contributed by atoms with Crippen LogP contribution in [0.5, 0.6) is 0 Å². The zero-order chi connectivity index (χ0) is 42.9. The maximum absolute atomic E-state index is 11.6. The van der Waals surface area contributed by atoms with Gasteiger partial charge in [0.2, 0.25) is 0 Å². The minimum atomic E-state index is -0.294. The molecule has 1 fully saturated rings. The highest BCUT2D eigenvalue weighted by molar-refractivity contribution is 5.89. The van der Waals surface area contributed by atoms with Crippen LogP contribution in [-0.4, -0.2) is 86.2 Å². The van der Waals surface area contributed by atoms with Crippen LogP contribution in [0.25, 0.3) is 0 Å². The maximum atomic E-state index is 11.6. The number of benzene rings is 5. The molecule has 0 spiro atoms. The third-order valence-electron chi connectivity index (χ3n) is 10.4. The Balaban J connectivity index is 0.000000222. The molecule has 8 heteroatoms. The van der Waals surface area contributed by atoms with Gasteiger partial charge in [0.1, 0.15) is 6.61 Å². The van der Waals surface area contributed by atoms with Crippen molar-refractivity contribution in [1.29, 1.82) is 0 Å². The van der Waals surface area contributed by atoms with E-state index in [1.54, 1.807) is 24.3 Å². The van der Waals surface area contributed by atoms with E-state index in [0.29, 0.717) is 17.9 Å². The number of ether oxygens (including phenoxy) is 1. The molecular formula is C52H74N6O2. The predicted octanol–water partition coefficient (Wildman–Crippen LogP) is 9.53. The van der Waals surface area contributed by atoms with Gasteiger partial charge in [-0.3, -0.25) is 4.90 Å². The zero-order valence-corrected chi connectivity index (χ0v) is 37.1. The van der Waals surface area contributed by atoms with Crippen LogP contribution >= 0.6 is 0 Å². The first-order chi connectivity index (χ1) is 29.4. The van der Waals surface area contributed by atoms with Gasteiger partial charge in [-0.05, 0) is 98.6 Å². The third kappa shape index (κ3) is 22.5. The second-order valence-corrected chi connectivity index (χ2v) is 14.9. The van der Waals surface area contributed by atoms with Gasteiger partial charge in [-0.1, -0.05) is 155 Å². The van der Waals surface area contributed by atoms with E-state index in [2.05, 4.69) is 162 Å². The lowest BCUT2D eigenvalue weighted by Crippen LogP contribution is -2.31. The summed E-state index contributed by atoms with van der Waals surface area (Å²) in [6.45, 7) is 22.7. The van der Waals surface area contributed by atoms with Crippen molar-refractivity contribution >= 4 is 11.7 Å². The van der Waals surface area contributed by atoms with Crippen molar-refractivity contribution in [3.63, 3.8) is 0 Å². The smallest absolute Gasteiger partial charge is 0.338 e. The number of carbonyl (C=O) groups excluding carboxylic acids is 1. The number of likely N-dealkylation sites (tertiary alicyclic amines) is 1. The van der Waals surface area contributed by atoms with E-state index in [1.165, 1.54) is 61.2 Å². The third-order valence-corrected chi connectivity index (χ3v) is 10.4. The Labute approximate surface area is 363 Å². The van der Waals surface area contributed by atoms with Crippen molar-refractivity contribution in [1.82, 2.24) is 25.3 Å². The Morgan fingerprint density at radius 1 is 0.567 bits per heavy atom. The van der Waals surface area contributed by atoms with Crippen LogP contribution < -0.4 is 16.4 Å². The summed E-state index contributed by atoms with van der Waals surface area (Å²) < 4.78 is 5.18. The van der Waals surface area contributed by atoms with Gasteiger partial charge in [-0.15, -0.1) is 0 Å². The molecule has 4 N–H and O–H groups in total. The molecule has 1 aliphatic rings. The Kier molecular flexibility index (Phi) is 26.4. The monoisotopic (exact) mass is 815 g/mol. The van der Waals surface area contributed by atoms with Crippen LogP contribution in [0.4, 0.5) is 5.69 Å². The fraction of sp³-hybridized carbons (Fsp3) is 0.404. The summed E-state index contributed by atoms with van der Waals surface area (Å²) >= 11 is 0. The van der Waals surface area contributed by atoms with Gasteiger partial charge in [0.25, 0.3) is 0 Å². The fourth-order valence-corrected chi connectivity index (χ4v) is 6.58. The molecule has 8 nitrogen and oxygen atoms in total. The number of likely N-dealkylation sites (N-methyl/N-ethyl adjacent to an activating group) is 2. The van der Waals surface area contributed by atoms with Crippen LogP contribution in [0.15, 0.2) is 146 Å². The highest BCUT2D eigenvalue weighted by Gasteiger charge is 2.08. The molecule has 0 aliphatic carbocycles. The number of hydrogen-bond donors (Lipinski definition) is 3.